The van der Waals surface area contributed by atoms with Crippen LogP contribution in [-0.4, -0.2) is 22.3 Å². The number of ether oxygens (including phenoxy) is 1. The Hall–Kier alpha value is -4.60. The maximum absolute atomic E-state index is 13.4. The summed E-state index contributed by atoms with van der Waals surface area (Å²) in [5.41, 5.74) is 1.98. The summed E-state index contributed by atoms with van der Waals surface area (Å²) in [6.45, 7) is 2.96. The minimum atomic E-state index is -4.59. The smallest absolute Gasteiger partial charge is 0.416 e. The molecular weight excluding hydrogens is 525 g/mol. The SMILES string of the molecule is Cc1onc(-c2ccc(-c3ccc(C4(C(=O)O)CC4)cc3)cc2)c1NC(=O)OC(C)c1ccccc1C(F)(F)F. The number of carbonyl (C=O) groups excluding carboxylic acids is 1. The lowest BCUT2D eigenvalue weighted by atomic mass is 9.93. The van der Waals surface area contributed by atoms with Crippen molar-refractivity contribution in [3.63, 3.8) is 0 Å². The Morgan fingerprint density at radius 2 is 1.55 bits per heavy atom. The predicted octanol–water partition coefficient (Wildman–Crippen LogP) is 7.76. The van der Waals surface area contributed by atoms with Crippen molar-refractivity contribution in [3.05, 3.63) is 95.2 Å². The summed E-state index contributed by atoms with van der Waals surface area (Å²) in [5.74, 6) is -0.510. The molecule has 0 saturated heterocycles. The molecule has 3 aromatic carbocycles. The Labute approximate surface area is 227 Å². The van der Waals surface area contributed by atoms with E-state index in [2.05, 4.69) is 10.5 Å². The van der Waals surface area contributed by atoms with Crippen LogP contribution in [0.25, 0.3) is 22.4 Å². The first-order valence-electron chi connectivity index (χ1n) is 12.5. The number of hydrogen-bond donors (Lipinski definition) is 2. The summed E-state index contributed by atoms with van der Waals surface area (Å²) in [5, 5.41) is 16.1. The highest BCUT2D eigenvalue weighted by Crippen LogP contribution is 2.48. The van der Waals surface area contributed by atoms with Crippen molar-refractivity contribution < 1.29 is 37.1 Å². The van der Waals surface area contributed by atoms with Crippen molar-refractivity contribution in [2.75, 3.05) is 5.32 Å². The van der Waals surface area contributed by atoms with Gasteiger partial charge in [-0.05, 0) is 49.4 Å². The zero-order valence-corrected chi connectivity index (χ0v) is 21.6. The van der Waals surface area contributed by atoms with E-state index in [0.29, 0.717) is 29.9 Å². The van der Waals surface area contributed by atoms with Gasteiger partial charge in [0.1, 0.15) is 17.5 Å². The average molecular weight is 551 g/mol. The molecule has 1 aliphatic rings. The third-order valence-electron chi connectivity index (χ3n) is 7.17. The highest BCUT2D eigenvalue weighted by molar-refractivity contribution is 5.91. The molecule has 0 aliphatic heterocycles. The van der Waals surface area contributed by atoms with Crippen molar-refractivity contribution in [2.45, 2.75) is 44.4 Å². The molecule has 5 rings (SSSR count). The fourth-order valence-electron chi connectivity index (χ4n) is 4.73. The molecule has 0 radical (unpaired) electrons. The van der Waals surface area contributed by atoms with Crippen molar-refractivity contribution in [3.8, 4) is 22.4 Å². The monoisotopic (exact) mass is 550 g/mol. The second kappa shape index (κ2) is 10.2. The molecule has 206 valence electrons. The van der Waals surface area contributed by atoms with Crippen molar-refractivity contribution >= 4 is 17.7 Å². The van der Waals surface area contributed by atoms with Gasteiger partial charge < -0.3 is 14.4 Å². The van der Waals surface area contributed by atoms with E-state index in [4.69, 9.17) is 9.26 Å². The van der Waals surface area contributed by atoms with E-state index >= 15 is 0 Å². The number of nitrogens with one attached hydrogen (secondary N) is 1. The van der Waals surface area contributed by atoms with Crippen LogP contribution in [0.5, 0.6) is 0 Å². The molecule has 1 atom stereocenters. The standard InChI is InChI=1S/C30H25F3N2O5/c1-17(23-5-3-4-6-24(23)30(31,32)33)39-28(38)34-25-18(2)40-35-26(25)21-9-7-19(8-10-21)20-11-13-22(14-12-20)29(15-16-29)27(36)37/h3-14,17H,15-16H2,1-2H3,(H,34,38)(H,36,37). The number of carboxylic acid groups (broad SMARTS) is 1. The van der Waals surface area contributed by atoms with Crippen LogP contribution in [0, 0.1) is 6.92 Å². The first-order chi connectivity index (χ1) is 19.0. The first-order valence-corrected chi connectivity index (χ1v) is 12.5. The second-order valence-electron chi connectivity index (χ2n) is 9.76. The zero-order chi connectivity index (χ0) is 28.7. The van der Waals surface area contributed by atoms with Crippen molar-refractivity contribution in [1.82, 2.24) is 5.16 Å². The second-order valence-corrected chi connectivity index (χ2v) is 9.76. The lowest BCUT2D eigenvalue weighted by Gasteiger charge is -2.19. The van der Waals surface area contributed by atoms with Gasteiger partial charge in [0.25, 0.3) is 0 Å². The molecule has 1 aliphatic carbocycles. The van der Waals surface area contributed by atoms with Crippen LogP contribution in [0.1, 0.15) is 48.3 Å². The summed E-state index contributed by atoms with van der Waals surface area (Å²) >= 11 is 0. The van der Waals surface area contributed by atoms with Gasteiger partial charge in [0, 0.05) is 11.1 Å². The molecule has 4 aromatic rings. The molecule has 2 N–H and O–H groups in total. The summed E-state index contributed by atoms with van der Waals surface area (Å²) in [4.78, 5) is 24.2. The quantitative estimate of drug-likeness (QED) is 0.244. The number of anilines is 1. The number of halogens is 3. The van der Waals surface area contributed by atoms with E-state index in [1.807, 2.05) is 36.4 Å². The Kier molecular flexibility index (Phi) is 6.87. The Balaban J connectivity index is 1.30. The zero-order valence-electron chi connectivity index (χ0n) is 21.6. The van der Waals surface area contributed by atoms with E-state index in [0.717, 1.165) is 22.8 Å². The number of alkyl halides is 3. The number of nitrogens with zero attached hydrogens (tertiary/aromatic N) is 1. The number of aromatic nitrogens is 1. The highest BCUT2D eigenvalue weighted by Gasteiger charge is 2.51. The number of amides is 1. The van der Waals surface area contributed by atoms with Gasteiger partial charge in [-0.15, -0.1) is 0 Å². The third-order valence-corrected chi connectivity index (χ3v) is 7.17. The number of hydrogen-bond acceptors (Lipinski definition) is 5. The van der Waals surface area contributed by atoms with Gasteiger partial charge >= 0.3 is 18.2 Å². The minimum absolute atomic E-state index is 0.161. The predicted molar refractivity (Wildman–Crippen MR) is 141 cm³/mol. The Morgan fingerprint density at radius 3 is 2.12 bits per heavy atom. The molecule has 1 amide bonds. The largest absolute Gasteiger partial charge is 0.481 e. The minimum Gasteiger partial charge on any atom is -0.481 e. The fourth-order valence-corrected chi connectivity index (χ4v) is 4.73. The number of aliphatic carboxylic acids is 1. The van der Waals surface area contributed by atoms with Crippen LogP contribution in [-0.2, 0) is 21.1 Å². The Morgan fingerprint density at radius 1 is 0.975 bits per heavy atom. The maximum atomic E-state index is 13.4. The number of carbonyl (C=O) groups is 2. The molecule has 7 nitrogen and oxygen atoms in total. The maximum Gasteiger partial charge on any atom is 0.416 e. The van der Waals surface area contributed by atoms with Gasteiger partial charge in [-0.25, -0.2) is 4.79 Å². The van der Waals surface area contributed by atoms with E-state index in [-0.39, 0.29) is 11.3 Å². The van der Waals surface area contributed by atoms with Gasteiger partial charge in [0.05, 0.1) is 11.0 Å². The average Bonchev–Trinajstić information content (AvgIpc) is 3.68. The normalized spacial score (nSPS) is 14.8. The van der Waals surface area contributed by atoms with Crippen LogP contribution >= 0.6 is 0 Å². The van der Waals surface area contributed by atoms with Crippen molar-refractivity contribution in [1.29, 1.82) is 0 Å². The molecule has 0 spiro atoms. The number of benzene rings is 3. The topological polar surface area (TPSA) is 102 Å². The van der Waals surface area contributed by atoms with Gasteiger partial charge in [-0.3, -0.25) is 10.1 Å². The molecule has 1 unspecified atom stereocenters. The molecule has 40 heavy (non-hydrogen) atoms. The van der Waals surface area contributed by atoms with Crippen LogP contribution in [0.15, 0.2) is 77.3 Å². The highest BCUT2D eigenvalue weighted by atomic mass is 19.4. The Bertz CT molecular complexity index is 1560. The molecule has 1 aromatic heterocycles. The van der Waals surface area contributed by atoms with Gasteiger partial charge in [-0.1, -0.05) is 71.9 Å². The summed E-state index contributed by atoms with van der Waals surface area (Å²) in [6, 6.07) is 19.7. The number of rotatable bonds is 7. The fraction of sp³-hybridized carbons (Fsp3) is 0.233. The van der Waals surface area contributed by atoms with Gasteiger partial charge in [0.2, 0.25) is 0 Å². The van der Waals surface area contributed by atoms with E-state index in [1.165, 1.54) is 25.1 Å². The molecule has 1 fully saturated rings. The molecule has 10 heteroatoms. The molecular formula is C30H25F3N2O5. The van der Waals surface area contributed by atoms with Crippen LogP contribution in [0.2, 0.25) is 0 Å². The van der Waals surface area contributed by atoms with E-state index in [1.54, 1.807) is 19.1 Å². The molecule has 1 heterocycles. The number of carboxylic acids is 1. The van der Waals surface area contributed by atoms with Crippen LogP contribution in [0.4, 0.5) is 23.7 Å². The van der Waals surface area contributed by atoms with E-state index in [9.17, 15) is 27.9 Å². The van der Waals surface area contributed by atoms with Crippen LogP contribution in [0.3, 0.4) is 0 Å². The first kappa shape index (κ1) is 27.0. The van der Waals surface area contributed by atoms with E-state index < -0.39 is 35.3 Å². The van der Waals surface area contributed by atoms with Gasteiger partial charge in [0.15, 0.2) is 5.76 Å². The lowest BCUT2D eigenvalue weighted by Crippen LogP contribution is -2.19. The lowest BCUT2D eigenvalue weighted by molar-refractivity contribution is -0.140. The van der Waals surface area contributed by atoms with Crippen LogP contribution < -0.4 is 5.32 Å². The van der Waals surface area contributed by atoms with Crippen molar-refractivity contribution in [2.24, 2.45) is 0 Å². The third kappa shape index (κ3) is 5.16. The summed E-state index contributed by atoms with van der Waals surface area (Å²) in [6.07, 6.45) is -5.44. The summed E-state index contributed by atoms with van der Waals surface area (Å²) < 4.78 is 50.7. The van der Waals surface area contributed by atoms with Gasteiger partial charge in [-0.2, -0.15) is 13.2 Å². The summed E-state index contributed by atoms with van der Waals surface area (Å²) in [7, 11) is 0. The molecule has 1 saturated carbocycles. The molecule has 0 bridgehead atoms. The number of aryl methyl sites for hydroxylation is 1.